The van der Waals surface area contributed by atoms with Crippen molar-refractivity contribution < 1.29 is 106 Å². The zero-order valence-corrected chi connectivity index (χ0v) is 70.9. The second-order valence-electron chi connectivity index (χ2n) is 34.2. The number of hydrogen-bond donors (Lipinski definition) is 15. The Bertz CT molecular complexity index is 3650. The van der Waals surface area contributed by atoms with Crippen LogP contribution in [0.15, 0.2) is 60.7 Å². The average Bonchev–Trinajstić information content (AvgIpc) is 1.68. The first-order chi connectivity index (χ1) is 54.6. The minimum absolute atomic E-state index is 0.0279. The summed E-state index contributed by atoms with van der Waals surface area (Å²) in [5.74, 6) is -15.8. The third kappa shape index (κ3) is 38.0. The number of rotatable bonds is 32. The molecule has 0 bridgehead atoms. The van der Waals surface area contributed by atoms with Crippen molar-refractivity contribution in [1.82, 2.24) is 69.1 Å². The van der Waals surface area contributed by atoms with Crippen LogP contribution in [-0.2, 0) is 82.8 Å². The first-order valence-electron chi connectivity index (χ1n) is 40.2. The van der Waals surface area contributed by atoms with Gasteiger partial charge in [0.2, 0.25) is 41.4 Å². The molecule has 0 aromatic heterocycles. The number of hydrogen-bond acceptors (Lipinski definition) is 24. The van der Waals surface area contributed by atoms with E-state index in [9.17, 15) is 67.7 Å². The lowest BCUT2D eigenvalue weighted by molar-refractivity contribution is -0.146. The zero-order chi connectivity index (χ0) is 87.7. The molecule has 0 aliphatic carbocycles. The number of aliphatic hydroxyl groups is 2. The number of alkyl carbamates (subject to hydrolysis) is 4. The number of amides is 11. The number of ketones is 3. The molecule has 2 aliphatic rings. The first kappa shape index (κ1) is 99.5. The van der Waals surface area contributed by atoms with E-state index >= 15 is 14.4 Å². The fourth-order valence-electron chi connectivity index (χ4n) is 12.8. The highest BCUT2D eigenvalue weighted by Crippen LogP contribution is 2.33. The van der Waals surface area contributed by atoms with Crippen molar-refractivity contribution in [3.8, 4) is 0 Å². The summed E-state index contributed by atoms with van der Waals surface area (Å²) >= 11 is 0. The van der Waals surface area contributed by atoms with Gasteiger partial charge in [-0.05, 0) is 185 Å². The van der Waals surface area contributed by atoms with Crippen LogP contribution in [0, 0.1) is 29.6 Å². The van der Waals surface area contributed by atoms with Gasteiger partial charge in [-0.25, -0.2) is 19.2 Å². The predicted molar refractivity (Wildman–Crippen MR) is 431 cm³/mol. The number of cyclic esters (lactones) is 1. The molecule has 2 heterocycles. The number of esters is 1. The van der Waals surface area contributed by atoms with Gasteiger partial charge in [0, 0.05) is 70.2 Å². The quantitative estimate of drug-likeness (QED) is 0.0284. The molecule has 2 aliphatic heterocycles. The highest BCUT2D eigenvalue weighted by Gasteiger charge is 2.45. The number of carbonyl (C=O) groups excluding carboxylic acids is 15. The predicted octanol–water partition coefficient (Wildman–Crippen LogP) is 3.38. The summed E-state index contributed by atoms with van der Waals surface area (Å²) in [7, 11) is 1.61. The van der Waals surface area contributed by atoms with E-state index in [0.717, 1.165) is 0 Å². The van der Waals surface area contributed by atoms with Gasteiger partial charge in [0.15, 0.2) is 17.3 Å². The van der Waals surface area contributed by atoms with Gasteiger partial charge in [-0.1, -0.05) is 74.5 Å². The molecule has 11 amide bonds. The Balaban J connectivity index is 1.91. The molecule has 4 unspecified atom stereocenters. The molecule has 0 spiro atoms. The van der Waals surface area contributed by atoms with E-state index in [1.807, 2.05) is 0 Å². The molecule has 14 atom stereocenters. The maximum Gasteiger partial charge on any atom is 0.407 e. The molecular formula is C82H129N13O22. The molecule has 0 radical (unpaired) electrons. The van der Waals surface area contributed by atoms with Crippen LogP contribution in [0.25, 0.3) is 0 Å². The molecule has 35 heteroatoms. The van der Waals surface area contributed by atoms with Crippen molar-refractivity contribution in [2.24, 2.45) is 29.6 Å². The van der Waals surface area contributed by atoms with Crippen LogP contribution < -0.4 is 69.1 Å². The summed E-state index contributed by atoms with van der Waals surface area (Å²) < 4.78 is 27.1. The van der Waals surface area contributed by atoms with Crippen LogP contribution in [0.5, 0.6) is 0 Å². The van der Waals surface area contributed by atoms with E-state index in [1.165, 1.54) is 13.8 Å². The van der Waals surface area contributed by atoms with E-state index in [2.05, 4.69) is 69.1 Å². The summed E-state index contributed by atoms with van der Waals surface area (Å²) in [5, 5.41) is 58.1. The average molecular weight is 1650 g/mol. The molecule has 2 aromatic carbocycles. The largest absolute Gasteiger partial charge is 0.464 e. The zero-order valence-electron chi connectivity index (χ0n) is 70.9. The fraction of sp³-hybridized carbons (Fsp3) is 0.671. The van der Waals surface area contributed by atoms with Gasteiger partial charge in [0.05, 0.1) is 48.9 Å². The molecule has 15 N–H and O–H groups in total. The molecule has 654 valence electrons. The highest BCUT2D eigenvalue weighted by molar-refractivity contribution is 6.03. The van der Waals surface area contributed by atoms with Gasteiger partial charge < -0.3 is 103 Å². The standard InChI is InChI=1S/C82H129N13O22/c1-47(2)40-60-70(104)91-58(32-38-87-77(111)116-81(11,12)13)63(99)43-53(29-36-85-75(109)114-79(5,6)7)67(101)95-66(49(4)97)73(107)84-35-28-51(45-89-59(33-39-88-78(112)117-82(14,15)16)69(103)94-61(71(105)93-60)41-50-24-20-18-21-25-50)42-62(98)57(31-37-86-76(110)115-80(8,9)10)90-68(102)54(48(3)96)44-64(100)56(30-34-83-17)92-72(106)65-55(46-113-74(65)108)52-26-22-19-23-27-52/h18-27,47-49,51,53-61,65-66,83,89,96-97H,28-46H2,1-17H3,(H,84,107)(H,85,109)(H,86,110)(H,87,111)(H,88,112)(H,90,102)(H,91,104)(H,92,106)(H,93,105)(H,94,103)(H,95,101)/t48?,49?,51-,53-,54+,55?,56+,57+,58+,59+,60+,61-,65?,66+/m1/s1. The smallest absolute Gasteiger partial charge is 0.407 e. The van der Waals surface area contributed by atoms with Gasteiger partial charge >= 0.3 is 30.3 Å². The van der Waals surface area contributed by atoms with Gasteiger partial charge in [-0.3, -0.25) is 52.7 Å². The maximum atomic E-state index is 15.4. The maximum absolute atomic E-state index is 15.4. The van der Waals surface area contributed by atoms with Crippen LogP contribution in [0.4, 0.5) is 19.2 Å². The second-order valence-corrected chi connectivity index (χ2v) is 34.2. The first-order valence-corrected chi connectivity index (χ1v) is 40.2. The second kappa shape index (κ2) is 47.5. The Morgan fingerprint density at radius 3 is 1.55 bits per heavy atom. The molecule has 2 saturated heterocycles. The minimum atomic E-state index is -1.77. The van der Waals surface area contributed by atoms with Gasteiger partial charge in [-0.15, -0.1) is 0 Å². The van der Waals surface area contributed by atoms with E-state index in [0.29, 0.717) is 11.1 Å². The van der Waals surface area contributed by atoms with Crippen LogP contribution >= 0.6 is 0 Å². The van der Waals surface area contributed by atoms with Crippen molar-refractivity contribution in [3.63, 3.8) is 0 Å². The van der Waals surface area contributed by atoms with E-state index in [1.54, 1.807) is 165 Å². The number of benzene rings is 2. The van der Waals surface area contributed by atoms with Gasteiger partial charge in [0.1, 0.15) is 46.4 Å². The third-order valence-corrected chi connectivity index (χ3v) is 18.6. The Morgan fingerprint density at radius 1 is 0.547 bits per heavy atom. The lowest BCUT2D eigenvalue weighted by Gasteiger charge is -2.29. The number of Topliss-reactive ketones (excluding diaryl/α,β-unsaturated/α-hetero) is 3. The Morgan fingerprint density at radius 2 is 1.03 bits per heavy atom. The van der Waals surface area contributed by atoms with Crippen molar-refractivity contribution in [2.75, 3.05) is 59.5 Å². The summed E-state index contributed by atoms with van der Waals surface area (Å²) in [6.45, 7) is 23.8. The fourth-order valence-corrected chi connectivity index (χ4v) is 12.8. The van der Waals surface area contributed by atoms with Crippen molar-refractivity contribution in [3.05, 3.63) is 71.8 Å². The molecule has 4 rings (SSSR count). The van der Waals surface area contributed by atoms with Crippen LogP contribution in [0.1, 0.15) is 192 Å². The summed E-state index contributed by atoms with van der Waals surface area (Å²) in [6, 6.07) is 6.81. The Hall–Kier alpha value is -9.87. The SMILES string of the molecule is CNCC[C@H](NC(=O)C1C(=O)OCC1c1ccccc1)C(=O)C[C@H](C(=O)N[C@@H](CCNC(=O)OC(C)(C)C)C(=O)C[C@H]1CCNC(=O)[C@H](C(C)O)NC(=O)[C@H](CCNC(=O)OC(C)(C)C)CC(=O)[C@H](CCNC(=O)OC(C)(C)C)NC(=O)[C@H](CC(C)C)NC(=O)[C@@H](Cc2ccccc2)NC(=O)[C@H](CCNC(=O)OC(C)(C)C)NC1)C(C)O. The van der Waals surface area contributed by atoms with Crippen molar-refractivity contribution in [2.45, 2.75) is 264 Å². The summed E-state index contributed by atoms with van der Waals surface area (Å²) in [4.78, 5) is 214. The lowest BCUT2D eigenvalue weighted by Crippen LogP contribution is -2.58. The number of nitrogens with one attached hydrogen (secondary N) is 13. The summed E-state index contributed by atoms with van der Waals surface area (Å²) in [5.41, 5.74) is -2.63. The summed E-state index contributed by atoms with van der Waals surface area (Å²) in [6.07, 6.45) is -10.3. The highest BCUT2D eigenvalue weighted by atomic mass is 16.6. The van der Waals surface area contributed by atoms with Gasteiger partial charge in [0.25, 0.3) is 0 Å². The van der Waals surface area contributed by atoms with Crippen LogP contribution in [-0.4, -0.2) is 236 Å². The normalized spacial score (nSPS) is 21.9. The molecule has 2 fully saturated rings. The number of aliphatic hydroxyl groups excluding tert-OH is 2. The molecule has 2 aromatic rings. The molecular weight excluding hydrogens is 1520 g/mol. The van der Waals surface area contributed by atoms with E-state index in [-0.39, 0.29) is 110 Å². The van der Waals surface area contributed by atoms with Crippen LogP contribution in [0.3, 0.4) is 0 Å². The monoisotopic (exact) mass is 1650 g/mol. The topological polar surface area (TPSA) is 499 Å². The minimum Gasteiger partial charge on any atom is -0.464 e. The third-order valence-electron chi connectivity index (χ3n) is 18.6. The lowest BCUT2D eigenvalue weighted by atomic mass is 9.87. The number of ether oxygens (including phenoxy) is 5. The molecule has 35 nitrogen and oxygen atoms in total. The van der Waals surface area contributed by atoms with Crippen molar-refractivity contribution in [1.29, 1.82) is 0 Å². The van der Waals surface area contributed by atoms with E-state index < -0.39 is 215 Å². The molecule has 117 heavy (non-hydrogen) atoms. The Kier molecular flexibility index (Phi) is 40.4. The van der Waals surface area contributed by atoms with Gasteiger partial charge in [-0.2, -0.15) is 0 Å². The van der Waals surface area contributed by atoms with Crippen LogP contribution in [0.2, 0.25) is 0 Å². The number of carbonyl (C=O) groups is 15. The molecule has 0 saturated carbocycles. The van der Waals surface area contributed by atoms with E-state index in [4.69, 9.17) is 23.7 Å². The Labute approximate surface area is 686 Å². The van der Waals surface area contributed by atoms with Crippen molar-refractivity contribution >= 4 is 89.0 Å².